The molecule has 2 aliphatic heterocycles. The average molecular weight is 443 g/mol. The Morgan fingerprint density at radius 2 is 2.15 bits per heavy atom. The lowest BCUT2D eigenvalue weighted by Gasteiger charge is -2.19. The van der Waals surface area contributed by atoms with E-state index < -0.39 is 33.4 Å². The Bertz CT molecular complexity index is 592. The van der Waals surface area contributed by atoms with Crippen LogP contribution in [0.5, 0.6) is 0 Å². The van der Waals surface area contributed by atoms with Crippen molar-refractivity contribution in [1.82, 2.24) is 0 Å². The lowest BCUT2D eigenvalue weighted by atomic mass is 10.2. The minimum atomic E-state index is -3.50. The van der Waals surface area contributed by atoms with Gasteiger partial charge in [0, 0.05) is 11.0 Å². The van der Waals surface area contributed by atoms with Crippen LogP contribution in [0.15, 0.2) is 0 Å². The molecule has 0 bridgehead atoms. The van der Waals surface area contributed by atoms with E-state index in [0.717, 1.165) is 12.8 Å². The first-order valence-electron chi connectivity index (χ1n) is 8.61. The van der Waals surface area contributed by atoms with Crippen molar-refractivity contribution in [3.63, 3.8) is 0 Å². The van der Waals surface area contributed by atoms with Crippen molar-refractivity contribution in [1.29, 1.82) is 5.26 Å². The second kappa shape index (κ2) is 11.2. The fourth-order valence-electron chi connectivity index (χ4n) is 2.71. The normalized spacial score (nSPS) is 33.6. The van der Waals surface area contributed by atoms with Crippen LogP contribution in [0.3, 0.4) is 0 Å². The molecule has 2 saturated heterocycles. The van der Waals surface area contributed by atoms with Gasteiger partial charge in [0.1, 0.15) is 25.0 Å². The summed E-state index contributed by atoms with van der Waals surface area (Å²) in [4.78, 5) is 9.91. The Hall–Kier alpha value is -0.0800. The smallest absolute Gasteiger partial charge is 0.373 e. The maximum atomic E-state index is 12.1. The van der Waals surface area contributed by atoms with Gasteiger partial charge in [-0.25, -0.2) is 0 Å². The summed E-state index contributed by atoms with van der Waals surface area (Å²) in [5.41, 5.74) is 5.76. The molecule has 0 aromatic carbocycles. The molecular formula is C14H25N2O8P2S+. The Kier molecular flexibility index (Phi) is 9.62. The largest absolute Gasteiger partial charge is 0.697 e. The van der Waals surface area contributed by atoms with Gasteiger partial charge in [0.2, 0.25) is 0 Å². The molecule has 0 amide bonds. The predicted molar refractivity (Wildman–Crippen MR) is 98.1 cm³/mol. The molecule has 0 saturated carbocycles. The lowest BCUT2D eigenvalue weighted by molar-refractivity contribution is -0.0162. The molecule has 10 nitrogen and oxygen atoms in total. The van der Waals surface area contributed by atoms with E-state index in [4.69, 9.17) is 50.4 Å². The van der Waals surface area contributed by atoms with Crippen LogP contribution in [0, 0.1) is 11.3 Å². The molecule has 154 valence electrons. The van der Waals surface area contributed by atoms with Gasteiger partial charge in [-0.15, -0.1) is 9.05 Å². The number of nitrogens with zero attached hydrogens (tertiary/aromatic N) is 1. The van der Waals surface area contributed by atoms with Crippen molar-refractivity contribution in [2.45, 2.75) is 63.3 Å². The zero-order valence-corrected chi connectivity index (χ0v) is 17.6. The Balaban J connectivity index is 1.74. The highest BCUT2D eigenvalue weighted by Gasteiger charge is 2.42. The maximum Gasteiger partial charge on any atom is 0.697 e. The van der Waals surface area contributed by atoms with Crippen molar-refractivity contribution in [2.75, 3.05) is 19.8 Å². The topological polar surface area (TPSA) is 142 Å². The zero-order valence-electron chi connectivity index (χ0n) is 15.0. The van der Waals surface area contributed by atoms with Crippen LogP contribution in [0.4, 0.5) is 0 Å². The summed E-state index contributed by atoms with van der Waals surface area (Å²) in [7, 11) is -2.39. The molecule has 0 aromatic rings. The Morgan fingerprint density at radius 3 is 2.81 bits per heavy atom. The van der Waals surface area contributed by atoms with E-state index in [1.165, 1.54) is 0 Å². The fourth-order valence-corrected chi connectivity index (χ4v) is 4.64. The SMILES string of the molecule is C[C@H]1CC[C@@H](CO[P+](=O)O[C@H]2C[C@H](N)O[C@@H]2COP(O)(=S)OCCC#N)O1. The number of nitriles is 1. The van der Waals surface area contributed by atoms with Crippen LogP contribution < -0.4 is 5.73 Å². The van der Waals surface area contributed by atoms with Crippen LogP contribution in [-0.2, 0) is 43.9 Å². The summed E-state index contributed by atoms with van der Waals surface area (Å²) >= 11 is 4.85. The van der Waals surface area contributed by atoms with E-state index in [0.29, 0.717) is 6.42 Å². The van der Waals surface area contributed by atoms with E-state index in [9.17, 15) is 9.46 Å². The number of rotatable bonds is 11. The predicted octanol–water partition coefficient (Wildman–Crippen LogP) is 1.85. The first kappa shape index (κ1) is 23.2. The molecule has 2 fully saturated rings. The number of ether oxygens (including phenoxy) is 2. The van der Waals surface area contributed by atoms with Crippen molar-refractivity contribution >= 4 is 26.8 Å². The monoisotopic (exact) mass is 443 g/mol. The summed E-state index contributed by atoms with van der Waals surface area (Å²) in [5, 5.41) is 8.47. The first-order chi connectivity index (χ1) is 12.8. The van der Waals surface area contributed by atoms with Crippen molar-refractivity contribution in [3.05, 3.63) is 0 Å². The van der Waals surface area contributed by atoms with Crippen LogP contribution in [-0.4, -0.2) is 55.4 Å². The minimum absolute atomic E-state index is 0.0310. The van der Waals surface area contributed by atoms with Gasteiger partial charge in [-0.2, -0.15) is 5.26 Å². The molecule has 27 heavy (non-hydrogen) atoms. The zero-order chi connectivity index (χ0) is 19.9. The Morgan fingerprint density at radius 1 is 1.37 bits per heavy atom. The van der Waals surface area contributed by atoms with Gasteiger partial charge < -0.3 is 29.1 Å². The lowest BCUT2D eigenvalue weighted by Crippen LogP contribution is -2.28. The summed E-state index contributed by atoms with van der Waals surface area (Å²) in [5.74, 6) is 0. The molecule has 0 radical (unpaired) electrons. The van der Waals surface area contributed by atoms with Crippen molar-refractivity contribution in [2.24, 2.45) is 5.73 Å². The average Bonchev–Trinajstić information content (AvgIpc) is 3.16. The highest BCUT2D eigenvalue weighted by Crippen LogP contribution is 2.45. The quantitative estimate of drug-likeness (QED) is 0.357. The molecular weight excluding hydrogens is 418 g/mol. The summed E-state index contributed by atoms with van der Waals surface area (Å²) in [6.07, 6.45) is 0.317. The number of hydrogen-bond donors (Lipinski definition) is 2. The minimum Gasteiger partial charge on any atom is -0.373 e. The van der Waals surface area contributed by atoms with Gasteiger partial charge in [0.05, 0.1) is 37.9 Å². The third-order valence-electron chi connectivity index (χ3n) is 4.01. The summed E-state index contributed by atoms with van der Waals surface area (Å²) in [6, 6.07) is 1.87. The second-order valence-corrected chi connectivity index (χ2v) is 10.0. The maximum absolute atomic E-state index is 12.1. The number of hydrogen-bond acceptors (Lipinski definition) is 10. The van der Waals surface area contributed by atoms with E-state index in [1.807, 2.05) is 13.0 Å². The molecule has 0 spiro atoms. The second-order valence-electron chi connectivity index (χ2n) is 6.26. The van der Waals surface area contributed by atoms with E-state index >= 15 is 0 Å². The van der Waals surface area contributed by atoms with E-state index in [2.05, 4.69) is 0 Å². The van der Waals surface area contributed by atoms with Crippen LogP contribution in [0.25, 0.3) is 0 Å². The summed E-state index contributed by atoms with van der Waals surface area (Å²) in [6.45, 7) is -1.52. The third-order valence-corrected chi connectivity index (χ3v) is 6.43. The molecule has 2 heterocycles. The van der Waals surface area contributed by atoms with Gasteiger partial charge in [0.15, 0.2) is 0 Å². The highest BCUT2D eigenvalue weighted by molar-refractivity contribution is 8.07. The number of nitrogens with two attached hydrogens (primary N) is 1. The molecule has 3 N–H and O–H groups in total. The van der Waals surface area contributed by atoms with Gasteiger partial charge in [-0.1, -0.05) is 0 Å². The highest BCUT2D eigenvalue weighted by atomic mass is 32.5. The third kappa shape index (κ3) is 8.44. The molecule has 2 unspecified atom stereocenters. The van der Waals surface area contributed by atoms with Gasteiger partial charge in [-0.3, -0.25) is 0 Å². The van der Waals surface area contributed by atoms with E-state index in [1.54, 1.807) is 0 Å². The van der Waals surface area contributed by atoms with Gasteiger partial charge in [-0.05, 0) is 31.6 Å². The van der Waals surface area contributed by atoms with Crippen molar-refractivity contribution in [3.8, 4) is 6.07 Å². The molecule has 0 aromatic heterocycles. The van der Waals surface area contributed by atoms with Crippen LogP contribution >= 0.6 is 15.0 Å². The molecule has 0 aliphatic carbocycles. The molecule has 7 atom stereocenters. The van der Waals surface area contributed by atoms with Crippen LogP contribution in [0.1, 0.15) is 32.6 Å². The van der Waals surface area contributed by atoms with Gasteiger partial charge >= 0.3 is 15.0 Å². The standard InChI is InChI=1S/C14H24N2O8P2S/c1-10-3-4-11(22-10)8-19-25(17)24-12-7-14(16)23-13(12)9-21-26(18,27)20-6-2-5-15/h10-14H,2-4,6-9,16H2,1H3/p+1/t10-,11-,12-,13+,14+,26?/m0/s1. The first-order valence-corrected chi connectivity index (χ1v) is 12.3. The Labute approximate surface area is 164 Å². The van der Waals surface area contributed by atoms with Gasteiger partial charge in [0.25, 0.3) is 0 Å². The molecule has 13 heteroatoms. The molecule has 2 aliphatic rings. The van der Waals surface area contributed by atoms with Crippen molar-refractivity contribution < 1.29 is 37.0 Å². The van der Waals surface area contributed by atoms with Crippen LogP contribution in [0.2, 0.25) is 0 Å². The molecule has 2 rings (SSSR count). The van der Waals surface area contributed by atoms with E-state index in [-0.39, 0.29) is 38.4 Å². The summed E-state index contributed by atoms with van der Waals surface area (Å²) < 4.78 is 43.9. The fraction of sp³-hybridized carbons (Fsp3) is 0.929.